The van der Waals surface area contributed by atoms with Gasteiger partial charge in [0.25, 0.3) is 0 Å². The van der Waals surface area contributed by atoms with Gasteiger partial charge in [-0.25, -0.2) is 0 Å². The summed E-state index contributed by atoms with van der Waals surface area (Å²) in [5.41, 5.74) is 0. The van der Waals surface area contributed by atoms with Gasteiger partial charge in [0.05, 0.1) is 12.2 Å². The first-order valence-corrected chi connectivity index (χ1v) is 3.73. The molecule has 0 spiro atoms. The van der Waals surface area contributed by atoms with E-state index >= 15 is 0 Å². The van der Waals surface area contributed by atoms with Crippen LogP contribution >= 0.6 is 0 Å². The molecule has 1 saturated heterocycles. The first kappa shape index (κ1) is 7.54. The molecule has 0 aromatic rings. The number of hydrogen-bond acceptors (Lipinski definition) is 2. The summed E-state index contributed by atoms with van der Waals surface area (Å²) in [6.07, 6.45) is 0.215. The van der Waals surface area contributed by atoms with Crippen molar-refractivity contribution < 1.29 is 4.79 Å². The first-order valence-electron chi connectivity index (χ1n) is 3.73. The standard InChI is InChI=1S/C7H14N2O/c1-4-9-6(3)8-5(2)7(9)10/h5-6,8H,4H2,1-3H3/t5?,6-/m1/s1. The molecular weight excluding hydrogens is 128 g/mol. The Morgan fingerprint density at radius 2 is 2.20 bits per heavy atom. The number of nitrogens with one attached hydrogen (secondary N) is 1. The Hall–Kier alpha value is -0.570. The Morgan fingerprint density at radius 3 is 2.40 bits per heavy atom. The number of likely N-dealkylation sites (N-methyl/N-ethyl adjacent to an activating group) is 1. The van der Waals surface area contributed by atoms with E-state index in [1.807, 2.05) is 25.7 Å². The molecule has 0 aliphatic carbocycles. The maximum atomic E-state index is 11.2. The van der Waals surface area contributed by atoms with Crippen LogP contribution in [0.25, 0.3) is 0 Å². The van der Waals surface area contributed by atoms with Crippen LogP contribution in [0, 0.1) is 0 Å². The van der Waals surface area contributed by atoms with Gasteiger partial charge in [0.15, 0.2) is 0 Å². The molecule has 1 aliphatic rings. The largest absolute Gasteiger partial charge is 0.326 e. The number of carbonyl (C=O) groups excluding carboxylic acids is 1. The zero-order chi connectivity index (χ0) is 7.72. The average molecular weight is 142 g/mol. The van der Waals surface area contributed by atoms with Crippen LogP contribution in [0.4, 0.5) is 0 Å². The third kappa shape index (κ3) is 1.01. The Labute approximate surface area is 61.4 Å². The van der Waals surface area contributed by atoms with Crippen LogP contribution in [0.2, 0.25) is 0 Å². The van der Waals surface area contributed by atoms with Gasteiger partial charge in [-0.05, 0) is 20.8 Å². The summed E-state index contributed by atoms with van der Waals surface area (Å²) >= 11 is 0. The van der Waals surface area contributed by atoms with E-state index in [-0.39, 0.29) is 18.1 Å². The molecule has 58 valence electrons. The van der Waals surface area contributed by atoms with E-state index in [1.165, 1.54) is 0 Å². The Bertz CT molecular complexity index is 147. The van der Waals surface area contributed by atoms with Gasteiger partial charge in [-0.1, -0.05) is 0 Å². The zero-order valence-corrected chi connectivity index (χ0v) is 6.72. The van der Waals surface area contributed by atoms with Crippen LogP contribution in [-0.4, -0.2) is 29.6 Å². The fourth-order valence-corrected chi connectivity index (χ4v) is 1.39. The number of nitrogens with zero attached hydrogens (tertiary/aromatic N) is 1. The molecule has 0 radical (unpaired) electrons. The normalized spacial score (nSPS) is 33.5. The third-order valence-electron chi connectivity index (χ3n) is 1.95. The molecule has 3 heteroatoms. The van der Waals surface area contributed by atoms with Gasteiger partial charge in [0.2, 0.25) is 5.91 Å². The van der Waals surface area contributed by atoms with Crippen molar-refractivity contribution in [2.45, 2.75) is 33.0 Å². The van der Waals surface area contributed by atoms with Crippen LogP contribution < -0.4 is 5.32 Å². The van der Waals surface area contributed by atoms with Crippen molar-refractivity contribution in [1.29, 1.82) is 0 Å². The molecule has 1 fully saturated rings. The van der Waals surface area contributed by atoms with Crippen molar-refractivity contribution >= 4 is 5.91 Å². The van der Waals surface area contributed by atoms with Gasteiger partial charge in [0, 0.05) is 6.54 Å². The summed E-state index contributed by atoms with van der Waals surface area (Å²) < 4.78 is 0. The summed E-state index contributed by atoms with van der Waals surface area (Å²) in [5, 5.41) is 3.14. The highest BCUT2D eigenvalue weighted by atomic mass is 16.2. The second kappa shape index (κ2) is 2.58. The molecular formula is C7H14N2O. The van der Waals surface area contributed by atoms with Crippen LogP contribution in [0.15, 0.2) is 0 Å². The fraction of sp³-hybridized carbons (Fsp3) is 0.857. The van der Waals surface area contributed by atoms with Gasteiger partial charge in [-0.2, -0.15) is 0 Å². The molecule has 1 N–H and O–H groups in total. The summed E-state index contributed by atoms with van der Waals surface area (Å²) in [6, 6.07) is 0.00921. The SMILES string of the molecule is CCN1C(=O)C(C)N[C@H]1C. The summed E-state index contributed by atoms with van der Waals surface area (Å²) in [7, 11) is 0. The van der Waals surface area contributed by atoms with Crippen LogP contribution in [-0.2, 0) is 4.79 Å². The van der Waals surface area contributed by atoms with Crippen LogP contribution in [0.5, 0.6) is 0 Å². The molecule has 2 atom stereocenters. The van der Waals surface area contributed by atoms with Crippen molar-refractivity contribution in [2.75, 3.05) is 6.54 Å². The molecule has 1 heterocycles. The highest BCUT2D eigenvalue weighted by molar-refractivity contribution is 5.83. The zero-order valence-electron chi connectivity index (χ0n) is 6.72. The van der Waals surface area contributed by atoms with E-state index < -0.39 is 0 Å². The minimum atomic E-state index is 0.00921. The van der Waals surface area contributed by atoms with Crippen molar-refractivity contribution in [2.24, 2.45) is 0 Å². The fourth-order valence-electron chi connectivity index (χ4n) is 1.39. The first-order chi connectivity index (χ1) is 4.66. The molecule has 0 aromatic heterocycles. The van der Waals surface area contributed by atoms with E-state index in [0.717, 1.165) is 6.54 Å². The smallest absolute Gasteiger partial charge is 0.240 e. The number of carbonyl (C=O) groups is 1. The van der Waals surface area contributed by atoms with E-state index in [1.54, 1.807) is 0 Å². The lowest BCUT2D eigenvalue weighted by atomic mass is 10.3. The molecule has 1 aliphatic heterocycles. The van der Waals surface area contributed by atoms with Gasteiger partial charge in [-0.15, -0.1) is 0 Å². The van der Waals surface area contributed by atoms with Crippen molar-refractivity contribution in [3.63, 3.8) is 0 Å². The van der Waals surface area contributed by atoms with Crippen molar-refractivity contribution in [3.05, 3.63) is 0 Å². The monoisotopic (exact) mass is 142 g/mol. The third-order valence-corrected chi connectivity index (χ3v) is 1.95. The average Bonchev–Trinajstić information content (AvgIpc) is 2.09. The Balaban J connectivity index is 2.64. The quantitative estimate of drug-likeness (QED) is 0.566. The number of hydrogen-bond donors (Lipinski definition) is 1. The molecule has 1 unspecified atom stereocenters. The van der Waals surface area contributed by atoms with Crippen molar-refractivity contribution in [3.8, 4) is 0 Å². The van der Waals surface area contributed by atoms with Gasteiger partial charge in [-0.3, -0.25) is 10.1 Å². The summed E-state index contributed by atoms with van der Waals surface area (Å²) in [5.74, 6) is 0.218. The van der Waals surface area contributed by atoms with Gasteiger partial charge >= 0.3 is 0 Å². The Kier molecular flexibility index (Phi) is 1.94. The van der Waals surface area contributed by atoms with Gasteiger partial charge in [0.1, 0.15) is 0 Å². The Morgan fingerprint density at radius 1 is 1.60 bits per heavy atom. The predicted octanol–water partition coefficient (Wildman–Crippen LogP) is 0.173. The number of amides is 1. The number of rotatable bonds is 1. The molecule has 1 rings (SSSR count). The van der Waals surface area contributed by atoms with Gasteiger partial charge < -0.3 is 4.90 Å². The highest BCUT2D eigenvalue weighted by Gasteiger charge is 2.31. The lowest BCUT2D eigenvalue weighted by molar-refractivity contribution is -0.129. The molecule has 3 nitrogen and oxygen atoms in total. The minimum absolute atomic E-state index is 0.00921. The van der Waals surface area contributed by atoms with Crippen LogP contribution in [0.3, 0.4) is 0 Å². The minimum Gasteiger partial charge on any atom is -0.326 e. The molecule has 10 heavy (non-hydrogen) atoms. The topological polar surface area (TPSA) is 32.3 Å². The van der Waals surface area contributed by atoms with Crippen LogP contribution in [0.1, 0.15) is 20.8 Å². The van der Waals surface area contributed by atoms with E-state index in [0.29, 0.717) is 0 Å². The van der Waals surface area contributed by atoms with E-state index in [2.05, 4.69) is 5.32 Å². The van der Waals surface area contributed by atoms with Crippen molar-refractivity contribution in [1.82, 2.24) is 10.2 Å². The van der Waals surface area contributed by atoms with E-state index in [4.69, 9.17) is 0 Å². The summed E-state index contributed by atoms with van der Waals surface area (Å²) in [4.78, 5) is 13.0. The lowest BCUT2D eigenvalue weighted by Crippen LogP contribution is -2.34. The molecule has 1 amide bonds. The maximum absolute atomic E-state index is 11.2. The second-order valence-corrected chi connectivity index (χ2v) is 2.69. The molecule has 0 aromatic carbocycles. The maximum Gasteiger partial charge on any atom is 0.240 e. The molecule has 0 saturated carbocycles. The highest BCUT2D eigenvalue weighted by Crippen LogP contribution is 2.08. The molecule has 0 bridgehead atoms. The predicted molar refractivity (Wildman–Crippen MR) is 39.4 cm³/mol. The second-order valence-electron chi connectivity index (χ2n) is 2.69. The summed E-state index contributed by atoms with van der Waals surface area (Å²) in [6.45, 7) is 6.70. The lowest BCUT2D eigenvalue weighted by Gasteiger charge is -2.17. The van der Waals surface area contributed by atoms with E-state index in [9.17, 15) is 4.79 Å².